The second-order valence-corrected chi connectivity index (χ2v) is 13.5. The summed E-state index contributed by atoms with van der Waals surface area (Å²) in [5.41, 5.74) is -0.576. The van der Waals surface area contributed by atoms with Crippen molar-refractivity contribution in [2.24, 2.45) is 59.2 Å². The zero-order valence-electron chi connectivity index (χ0n) is 19.8. The van der Waals surface area contributed by atoms with E-state index in [-0.39, 0.29) is 23.7 Å². The van der Waals surface area contributed by atoms with Crippen LogP contribution in [0.4, 0.5) is 8.78 Å². The van der Waals surface area contributed by atoms with Crippen molar-refractivity contribution in [3.8, 4) is 0 Å². The number of fused-ring (bicyclic) bond motifs is 2. The predicted octanol–water partition coefficient (Wildman–Crippen LogP) is 3.92. The first-order chi connectivity index (χ1) is 15.7. The summed E-state index contributed by atoms with van der Waals surface area (Å²) in [5, 5.41) is -4.61. The Morgan fingerprint density at radius 3 is 1.85 bits per heavy atom. The van der Waals surface area contributed by atoms with Gasteiger partial charge in [0.1, 0.15) is 5.60 Å². The molecule has 192 valence electrons. The molecule has 0 aliphatic heterocycles. The van der Waals surface area contributed by atoms with E-state index in [2.05, 4.69) is 0 Å². The largest absolute Gasteiger partial charge is 0.459 e. The third kappa shape index (κ3) is 3.61. The van der Waals surface area contributed by atoms with Gasteiger partial charge in [0.2, 0.25) is 0 Å². The van der Waals surface area contributed by atoms with Crippen molar-refractivity contribution < 1.29 is 40.8 Å². The van der Waals surface area contributed by atoms with Gasteiger partial charge in [-0.3, -0.25) is 14.1 Å². The molecule has 0 saturated heterocycles. The van der Waals surface area contributed by atoms with Crippen LogP contribution in [0, 0.1) is 59.2 Å². The lowest BCUT2D eigenvalue weighted by Crippen LogP contribution is -2.59. The van der Waals surface area contributed by atoms with Crippen LogP contribution in [0.15, 0.2) is 0 Å². The van der Waals surface area contributed by atoms with Gasteiger partial charge in [-0.25, -0.2) is 0 Å². The molecule has 6 unspecified atom stereocenters. The monoisotopic (exact) mass is 504 g/mol. The average molecular weight is 505 g/mol. The van der Waals surface area contributed by atoms with E-state index in [0.29, 0.717) is 30.1 Å². The van der Waals surface area contributed by atoms with E-state index >= 15 is 0 Å². The summed E-state index contributed by atoms with van der Waals surface area (Å²) < 4.78 is 68.9. The molecule has 7 nitrogen and oxygen atoms in total. The highest BCUT2D eigenvalue weighted by Gasteiger charge is 2.63. The van der Waals surface area contributed by atoms with E-state index in [1.807, 2.05) is 20.8 Å². The molecule has 6 fully saturated rings. The molecule has 0 aromatic carbocycles. The molecule has 6 aliphatic rings. The maximum atomic E-state index is 13.7. The molecule has 6 saturated carbocycles. The van der Waals surface area contributed by atoms with E-state index in [4.69, 9.17) is 14.0 Å². The summed E-state index contributed by atoms with van der Waals surface area (Å²) >= 11 is 0. The molecule has 0 aromatic rings. The molecule has 0 spiro atoms. The molecule has 0 amide bonds. The molecule has 0 radical (unpaired) electrons. The summed E-state index contributed by atoms with van der Waals surface area (Å²) in [4.78, 5) is 26.6. The summed E-state index contributed by atoms with van der Waals surface area (Å²) in [6, 6.07) is 0. The van der Waals surface area contributed by atoms with E-state index in [1.54, 1.807) is 0 Å². The number of hydrogen-bond acceptors (Lipinski definition) is 6. The molecule has 6 atom stereocenters. The summed E-state index contributed by atoms with van der Waals surface area (Å²) in [5.74, 6) is -1.31. The van der Waals surface area contributed by atoms with Crippen molar-refractivity contribution in [1.29, 1.82) is 0 Å². The molecule has 6 bridgehead atoms. The number of carbonyl (C=O) groups excluding carboxylic acids is 2. The smallest absolute Gasteiger partial charge is 0.402 e. The minimum Gasteiger partial charge on any atom is -0.459 e. The molecule has 0 aromatic heterocycles. The van der Waals surface area contributed by atoms with E-state index < -0.39 is 51.4 Å². The van der Waals surface area contributed by atoms with Crippen molar-refractivity contribution in [1.82, 2.24) is 0 Å². The van der Waals surface area contributed by atoms with Crippen LogP contribution >= 0.6 is 0 Å². The molecule has 6 rings (SSSR count). The van der Waals surface area contributed by atoms with Crippen molar-refractivity contribution in [3.05, 3.63) is 0 Å². The molecule has 34 heavy (non-hydrogen) atoms. The van der Waals surface area contributed by atoms with Gasteiger partial charge >= 0.3 is 27.3 Å². The molecule has 1 N–H and O–H groups in total. The Balaban J connectivity index is 1.35. The number of esters is 2. The van der Waals surface area contributed by atoms with E-state index in [9.17, 15) is 26.8 Å². The van der Waals surface area contributed by atoms with Gasteiger partial charge in [-0.2, -0.15) is 17.2 Å². The van der Waals surface area contributed by atoms with Crippen LogP contribution in [0.3, 0.4) is 0 Å². The van der Waals surface area contributed by atoms with Crippen LogP contribution in [-0.2, 0) is 29.2 Å². The van der Waals surface area contributed by atoms with Crippen molar-refractivity contribution in [3.63, 3.8) is 0 Å². The number of hydrogen-bond donors (Lipinski definition) is 1. The van der Waals surface area contributed by atoms with Crippen LogP contribution in [0.2, 0.25) is 0 Å². The fourth-order valence-corrected chi connectivity index (χ4v) is 8.75. The highest BCUT2D eigenvalue weighted by molar-refractivity contribution is 7.86. The summed E-state index contributed by atoms with van der Waals surface area (Å²) in [7, 11) is -5.72. The van der Waals surface area contributed by atoms with Crippen LogP contribution < -0.4 is 0 Å². The number of carbonyl (C=O) groups is 2. The third-order valence-electron chi connectivity index (χ3n) is 10.4. The van der Waals surface area contributed by atoms with Crippen LogP contribution in [0.5, 0.6) is 0 Å². The Kier molecular flexibility index (Phi) is 5.64. The minimum absolute atomic E-state index is 0.0884. The second-order valence-electron chi connectivity index (χ2n) is 12.0. The van der Waals surface area contributed by atoms with Gasteiger partial charge in [0.05, 0.1) is 11.8 Å². The average Bonchev–Trinajstić information content (AvgIpc) is 3.26. The van der Waals surface area contributed by atoms with Crippen LogP contribution in [0.1, 0.15) is 59.3 Å². The quantitative estimate of drug-likeness (QED) is 0.432. The Morgan fingerprint density at radius 2 is 1.38 bits per heavy atom. The Labute approximate surface area is 199 Å². The van der Waals surface area contributed by atoms with Crippen molar-refractivity contribution >= 4 is 22.1 Å². The number of rotatable bonds is 6. The fourth-order valence-electron chi connectivity index (χ4n) is 8.54. The third-order valence-corrected chi connectivity index (χ3v) is 11.3. The van der Waals surface area contributed by atoms with Gasteiger partial charge in [0.25, 0.3) is 0 Å². The Bertz CT molecular complexity index is 952. The normalized spacial score (nSPS) is 47.1. The molecule has 0 heterocycles. The second kappa shape index (κ2) is 7.85. The van der Waals surface area contributed by atoms with Gasteiger partial charge < -0.3 is 9.47 Å². The molecule has 10 heteroatoms. The van der Waals surface area contributed by atoms with Gasteiger partial charge in [-0.05, 0) is 92.8 Å². The Morgan fingerprint density at radius 1 is 0.912 bits per heavy atom. The first-order valence-corrected chi connectivity index (χ1v) is 13.9. The van der Waals surface area contributed by atoms with Gasteiger partial charge in [-0.1, -0.05) is 13.8 Å². The standard InChI is InChI=1S/C24H34F2O7S/c1-11-12(2)18-9-17(11)19(21(27)32-10-24(25,26)34(29,30)31)20(18)22(28)33-23(3)15-5-13-4-14(7-15)8-16(23)6-13/h11-20H,4-10H2,1-3H3,(H,29,30,31). The Hall–Kier alpha value is -1.29. The lowest BCUT2D eigenvalue weighted by Gasteiger charge is -2.59. The first kappa shape index (κ1) is 24.4. The molecular weight excluding hydrogens is 470 g/mol. The van der Waals surface area contributed by atoms with Gasteiger partial charge in [0, 0.05) is 0 Å². The lowest BCUT2D eigenvalue weighted by atomic mass is 9.50. The zero-order chi connectivity index (χ0) is 24.8. The molecule has 6 aliphatic carbocycles. The maximum absolute atomic E-state index is 13.7. The predicted molar refractivity (Wildman–Crippen MR) is 116 cm³/mol. The highest BCUT2D eigenvalue weighted by Crippen LogP contribution is 2.62. The topological polar surface area (TPSA) is 107 Å². The summed E-state index contributed by atoms with van der Waals surface area (Å²) in [6.07, 6.45) is 6.08. The van der Waals surface area contributed by atoms with Crippen molar-refractivity contribution in [2.75, 3.05) is 6.61 Å². The van der Waals surface area contributed by atoms with Gasteiger partial charge in [-0.15, -0.1) is 0 Å². The number of alkyl halides is 2. The summed E-state index contributed by atoms with van der Waals surface area (Å²) in [6.45, 7) is 4.25. The SMILES string of the molecule is CC1C(C)C2CC1C(C(=O)OCC(F)(F)S(=O)(=O)O)C2C(=O)OC1(C)C2CC3CC(C2)CC1C3. The van der Waals surface area contributed by atoms with Crippen LogP contribution in [-0.4, -0.2) is 42.4 Å². The van der Waals surface area contributed by atoms with Crippen molar-refractivity contribution in [2.45, 2.75) is 70.2 Å². The van der Waals surface area contributed by atoms with Gasteiger partial charge in [0.15, 0.2) is 6.61 Å². The fraction of sp³-hybridized carbons (Fsp3) is 0.917. The number of halogens is 2. The molecular formula is C24H34F2O7S. The van der Waals surface area contributed by atoms with Crippen LogP contribution in [0.25, 0.3) is 0 Å². The van der Waals surface area contributed by atoms with E-state index in [1.165, 1.54) is 6.42 Å². The lowest BCUT2D eigenvalue weighted by molar-refractivity contribution is -0.212. The first-order valence-electron chi connectivity index (χ1n) is 12.5. The highest BCUT2D eigenvalue weighted by atomic mass is 32.2. The van der Waals surface area contributed by atoms with E-state index in [0.717, 1.165) is 25.7 Å². The number of ether oxygens (including phenoxy) is 2. The maximum Gasteiger partial charge on any atom is 0.402 e. The minimum atomic E-state index is -5.72. The zero-order valence-corrected chi connectivity index (χ0v) is 20.6.